The Bertz CT molecular complexity index is 489. The number of rotatable bonds is 1. The summed E-state index contributed by atoms with van der Waals surface area (Å²) in [5.74, 6) is 1.75. The van der Waals surface area contributed by atoms with Gasteiger partial charge in [0.2, 0.25) is 6.79 Å². The molecule has 0 bridgehead atoms. The fourth-order valence-electron chi connectivity index (χ4n) is 2.57. The lowest BCUT2D eigenvalue weighted by Crippen LogP contribution is -2.09. The minimum Gasteiger partial charge on any atom is -0.454 e. The second-order valence-electron chi connectivity index (χ2n) is 4.56. The Balaban J connectivity index is 2.14. The highest BCUT2D eigenvalue weighted by Gasteiger charge is 2.25. The lowest BCUT2D eigenvalue weighted by atomic mass is 10.1. The van der Waals surface area contributed by atoms with E-state index in [-0.39, 0.29) is 0 Å². The third-order valence-electron chi connectivity index (χ3n) is 3.16. The van der Waals surface area contributed by atoms with Gasteiger partial charge in [0.25, 0.3) is 0 Å². The van der Waals surface area contributed by atoms with Crippen LogP contribution >= 0.6 is 0 Å². The molecule has 2 aliphatic rings. The number of hydrogen-bond donors (Lipinski definition) is 0. The largest absolute Gasteiger partial charge is 0.454 e. The highest BCUT2D eigenvalue weighted by molar-refractivity contribution is 5.77. The molecule has 0 unspecified atom stereocenters. The molecule has 0 atom stereocenters. The number of hydrogen-bond acceptors (Lipinski definition) is 3. The normalized spacial score (nSPS) is 16.7. The summed E-state index contributed by atoms with van der Waals surface area (Å²) in [6.07, 6.45) is 1.01. The van der Waals surface area contributed by atoms with Crippen LogP contribution in [0.3, 0.4) is 0 Å². The van der Waals surface area contributed by atoms with Crippen molar-refractivity contribution < 1.29 is 9.47 Å². The molecule has 0 saturated heterocycles. The summed E-state index contributed by atoms with van der Waals surface area (Å²) in [6, 6.07) is 4.21. The summed E-state index contributed by atoms with van der Waals surface area (Å²) in [7, 11) is 4.16. The van der Waals surface area contributed by atoms with Crippen molar-refractivity contribution in [3.63, 3.8) is 0 Å². The molecule has 0 spiro atoms. The van der Waals surface area contributed by atoms with Gasteiger partial charge in [0.1, 0.15) is 0 Å². The van der Waals surface area contributed by atoms with Crippen LogP contribution in [0, 0.1) is 0 Å². The Labute approximate surface area is 95.3 Å². The molecule has 1 aromatic rings. The first-order valence-corrected chi connectivity index (χ1v) is 5.47. The second-order valence-corrected chi connectivity index (χ2v) is 4.56. The zero-order chi connectivity index (χ0) is 11.3. The molecule has 1 aromatic carbocycles. The van der Waals surface area contributed by atoms with Crippen molar-refractivity contribution >= 4 is 5.70 Å². The average Bonchev–Trinajstić information content (AvgIpc) is 2.75. The van der Waals surface area contributed by atoms with Gasteiger partial charge in [0.15, 0.2) is 11.5 Å². The van der Waals surface area contributed by atoms with E-state index >= 15 is 0 Å². The molecule has 16 heavy (non-hydrogen) atoms. The van der Waals surface area contributed by atoms with Crippen LogP contribution in [0.1, 0.15) is 18.1 Å². The van der Waals surface area contributed by atoms with Crippen LogP contribution in [0.15, 0.2) is 17.7 Å². The summed E-state index contributed by atoms with van der Waals surface area (Å²) >= 11 is 0. The standard InChI is InChI=1S/C13H15NO2/c1-8-4-9-5-11-12(16-7-15-11)6-10(9)13(8)14(2)3/h5-6H,4,7H2,1-3H3. The fourth-order valence-corrected chi connectivity index (χ4v) is 2.57. The quantitative estimate of drug-likeness (QED) is 0.720. The van der Waals surface area contributed by atoms with Crippen molar-refractivity contribution in [2.75, 3.05) is 20.9 Å². The van der Waals surface area contributed by atoms with E-state index < -0.39 is 0 Å². The van der Waals surface area contributed by atoms with Crippen molar-refractivity contribution in [1.29, 1.82) is 0 Å². The molecule has 1 aliphatic heterocycles. The summed E-state index contributed by atoms with van der Waals surface area (Å²) in [5.41, 5.74) is 5.34. The fraction of sp³-hybridized carbons (Fsp3) is 0.385. The van der Waals surface area contributed by atoms with Crippen LogP contribution < -0.4 is 9.47 Å². The lowest BCUT2D eigenvalue weighted by Gasteiger charge is -2.17. The number of benzene rings is 1. The van der Waals surface area contributed by atoms with Gasteiger partial charge in [-0.25, -0.2) is 0 Å². The van der Waals surface area contributed by atoms with Gasteiger partial charge >= 0.3 is 0 Å². The highest BCUT2D eigenvalue weighted by atomic mass is 16.7. The van der Waals surface area contributed by atoms with Gasteiger partial charge in [-0.15, -0.1) is 0 Å². The summed E-state index contributed by atoms with van der Waals surface area (Å²) in [5, 5.41) is 0. The van der Waals surface area contributed by atoms with Gasteiger partial charge in [0, 0.05) is 25.4 Å². The van der Waals surface area contributed by atoms with Gasteiger partial charge in [-0.1, -0.05) is 0 Å². The van der Waals surface area contributed by atoms with E-state index in [4.69, 9.17) is 9.47 Å². The highest BCUT2D eigenvalue weighted by Crippen LogP contribution is 2.42. The maximum atomic E-state index is 5.42. The van der Waals surface area contributed by atoms with Crippen LogP contribution in [0.2, 0.25) is 0 Å². The van der Waals surface area contributed by atoms with Crippen molar-refractivity contribution in [3.8, 4) is 11.5 Å². The molecule has 0 saturated carbocycles. The molecule has 84 valence electrons. The second kappa shape index (κ2) is 3.17. The van der Waals surface area contributed by atoms with Gasteiger partial charge in [-0.05, 0) is 36.6 Å². The molecular formula is C13H15NO2. The van der Waals surface area contributed by atoms with Crippen LogP contribution in [-0.4, -0.2) is 25.8 Å². The minimum absolute atomic E-state index is 0.345. The van der Waals surface area contributed by atoms with Crippen LogP contribution in [-0.2, 0) is 6.42 Å². The number of fused-ring (bicyclic) bond motifs is 2. The zero-order valence-corrected chi connectivity index (χ0v) is 9.83. The Morgan fingerprint density at radius 1 is 1.12 bits per heavy atom. The van der Waals surface area contributed by atoms with Crippen molar-refractivity contribution in [3.05, 3.63) is 28.8 Å². The van der Waals surface area contributed by atoms with E-state index in [9.17, 15) is 0 Å². The van der Waals surface area contributed by atoms with E-state index in [2.05, 4.69) is 38.1 Å². The molecule has 0 radical (unpaired) electrons. The monoisotopic (exact) mass is 217 g/mol. The van der Waals surface area contributed by atoms with E-state index in [1.54, 1.807) is 0 Å². The first-order chi connectivity index (χ1) is 7.66. The smallest absolute Gasteiger partial charge is 0.231 e. The third-order valence-corrected chi connectivity index (χ3v) is 3.16. The maximum Gasteiger partial charge on any atom is 0.231 e. The topological polar surface area (TPSA) is 21.7 Å². The molecule has 0 N–H and O–H groups in total. The van der Waals surface area contributed by atoms with E-state index in [0.29, 0.717) is 6.79 Å². The molecule has 0 aromatic heterocycles. The van der Waals surface area contributed by atoms with Crippen molar-refractivity contribution in [1.82, 2.24) is 4.90 Å². The molecule has 0 amide bonds. The maximum absolute atomic E-state index is 5.42. The summed E-state index contributed by atoms with van der Waals surface area (Å²) in [6.45, 7) is 2.53. The Morgan fingerprint density at radius 2 is 1.81 bits per heavy atom. The minimum atomic E-state index is 0.345. The van der Waals surface area contributed by atoms with Crippen LogP contribution in [0.25, 0.3) is 5.70 Å². The molecule has 3 rings (SSSR count). The number of ether oxygens (including phenoxy) is 2. The Kier molecular flexibility index (Phi) is 1.90. The molecule has 0 fully saturated rings. The SMILES string of the molecule is CC1=C(N(C)C)c2cc3c(cc2C1)OCO3. The van der Waals surface area contributed by atoms with Gasteiger partial charge in [-0.2, -0.15) is 0 Å². The molecule has 3 nitrogen and oxygen atoms in total. The van der Waals surface area contributed by atoms with E-state index in [1.807, 2.05) is 0 Å². The van der Waals surface area contributed by atoms with Crippen LogP contribution in [0.4, 0.5) is 0 Å². The predicted molar refractivity (Wildman–Crippen MR) is 62.6 cm³/mol. The van der Waals surface area contributed by atoms with Crippen molar-refractivity contribution in [2.45, 2.75) is 13.3 Å². The number of nitrogens with zero attached hydrogens (tertiary/aromatic N) is 1. The van der Waals surface area contributed by atoms with Gasteiger partial charge in [-0.3, -0.25) is 0 Å². The summed E-state index contributed by atoms with van der Waals surface area (Å²) in [4.78, 5) is 2.17. The molecule has 3 heteroatoms. The third kappa shape index (κ3) is 1.21. The molecular weight excluding hydrogens is 202 g/mol. The zero-order valence-electron chi connectivity index (χ0n) is 9.83. The first-order valence-electron chi connectivity index (χ1n) is 5.47. The van der Waals surface area contributed by atoms with E-state index in [1.165, 1.54) is 22.4 Å². The van der Waals surface area contributed by atoms with E-state index in [0.717, 1.165) is 17.9 Å². The Morgan fingerprint density at radius 3 is 2.50 bits per heavy atom. The molecule has 1 heterocycles. The number of allylic oxidation sites excluding steroid dienone is 1. The van der Waals surface area contributed by atoms with Gasteiger partial charge in [0.05, 0.1) is 0 Å². The van der Waals surface area contributed by atoms with Crippen LogP contribution in [0.5, 0.6) is 11.5 Å². The lowest BCUT2D eigenvalue weighted by molar-refractivity contribution is 0.174. The summed E-state index contributed by atoms with van der Waals surface area (Å²) < 4.78 is 10.8. The average molecular weight is 217 g/mol. The predicted octanol–water partition coefficient (Wildman–Crippen LogP) is 2.26. The van der Waals surface area contributed by atoms with Crippen molar-refractivity contribution in [2.24, 2.45) is 0 Å². The van der Waals surface area contributed by atoms with Gasteiger partial charge < -0.3 is 14.4 Å². The Hall–Kier alpha value is -1.64. The molecule has 1 aliphatic carbocycles. The first kappa shape index (κ1) is 9.58.